The summed E-state index contributed by atoms with van der Waals surface area (Å²) in [5.74, 6) is 0.205. The number of non-ortho nitro benzene ring substituents is 1. The van der Waals surface area contributed by atoms with Crippen molar-refractivity contribution in [2.45, 2.75) is 0 Å². The maximum absolute atomic E-state index is 12.9. The van der Waals surface area contributed by atoms with E-state index in [4.69, 9.17) is 15.2 Å². The highest BCUT2D eigenvalue weighted by molar-refractivity contribution is 5.99. The second kappa shape index (κ2) is 9.65. The van der Waals surface area contributed by atoms with Gasteiger partial charge in [0.25, 0.3) is 11.6 Å². The molecule has 0 aliphatic rings. The van der Waals surface area contributed by atoms with E-state index in [2.05, 4.69) is 35.8 Å². The van der Waals surface area contributed by atoms with Gasteiger partial charge in [-0.25, -0.2) is 10.1 Å². The molecule has 35 heavy (non-hydrogen) atoms. The molecule has 15 nitrogen and oxygen atoms in total. The van der Waals surface area contributed by atoms with Crippen molar-refractivity contribution < 1.29 is 23.8 Å². The highest BCUT2D eigenvalue weighted by atomic mass is 16.6. The van der Waals surface area contributed by atoms with Crippen molar-refractivity contribution in [1.82, 2.24) is 30.7 Å². The summed E-state index contributed by atoms with van der Waals surface area (Å²) in [5.41, 5.74) is 8.99. The number of anilines is 1. The number of ether oxygens (including phenoxy) is 2. The maximum Gasteiger partial charge on any atom is 0.294 e. The number of carbonyl (C=O) groups is 1. The Morgan fingerprint density at radius 1 is 1.17 bits per heavy atom. The van der Waals surface area contributed by atoms with Gasteiger partial charge in [0.2, 0.25) is 11.6 Å². The molecular formula is C20H17N9O6. The average Bonchev–Trinajstić information content (AvgIpc) is 3.49. The number of nitro benzene ring substituents is 1. The maximum atomic E-state index is 12.9. The van der Waals surface area contributed by atoms with Gasteiger partial charge in [-0.3, -0.25) is 14.9 Å². The molecule has 0 aliphatic heterocycles. The van der Waals surface area contributed by atoms with Crippen LogP contribution in [-0.4, -0.2) is 56.6 Å². The summed E-state index contributed by atoms with van der Waals surface area (Å²) in [6.45, 7) is 0. The fourth-order valence-electron chi connectivity index (χ4n) is 3.07. The molecule has 0 unspecified atom stereocenters. The van der Waals surface area contributed by atoms with Crippen LogP contribution in [0.15, 0.2) is 52.2 Å². The molecule has 15 heteroatoms. The fraction of sp³-hybridized carbons (Fsp3) is 0.100. The third kappa shape index (κ3) is 4.58. The Kier molecular flexibility index (Phi) is 6.30. The number of nitrogen functional groups attached to an aromatic ring is 1. The smallest absolute Gasteiger partial charge is 0.294 e. The summed E-state index contributed by atoms with van der Waals surface area (Å²) in [5, 5.41) is 30.0. The molecule has 0 spiro atoms. The normalized spacial score (nSPS) is 10.9. The molecule has 178 valence electrons. The number of carbonyl (C=O) groups excluding carboxylic acids is 1. The van der Waals surface area contributed by atoms with Gasteiger partial charge in [0.1, 0.15) is 5.69 Å². The zero-order valence-corrected chi connectivity index (χ0v) is 18.3. The number of methoxy groups -OCH3 is 2. The fourth-order valence-corrected chi connectivity index (χ4v) is 3.07. The van der Waals surface area contributed by atoms with E-state index >= 15 is 0 Å². The van der Waals surface area contributed by atoms with Crippen molar-refractivity contribution >= 4 is 23.6 Å². The third-order valence-corrected chi connectivity index (χ3v) is 4.72. The number of rotatable bonds is 8. The Morgan fingerprint density at radius 3 is 2.54 bits per heavy atom. The molecule has 2 aromatic carbocycles. The number of nitro groups is 1. The van der Waals surface area contributed by atoms with Crippen LogP contribution in [0.2, 0.25) is 0 Å². The summed E-state index contributed by atoms with van der Waals surface area (Å²) in [7, 11) is 3.02. The molecule has 0 fully saturated rings. The second-order valence-electron chi connectivity index (χ2n) is 6.79. The van der Waals surface area contributed by atoms with Gasteiger partial charge in [-0.15, -0.1) is 5.10 Å². The number of nitrogens with one attached hydrogen (secondary N) is 1. The molecule has 0 bridgehead atoms. The SMILES string of the molecule is COc1ccc(/C=N\NC(=O)c2nnn(-c3nonc3N)c2-c2ccc([N+](=O)[O-])cc2)cc1OC. The minimum absolute atomic E-state index is 0.0151. The van der Waals surface area contributed by atoms with Crippen LogP contribution in [0.4, 0.5) is 11.5 Å². The zero-order valence-electron chi connectivity index (χ0n) is 18.3. The number of nitrogens with zero attached hydrogens (tertiary/aromatic N) is 7. The molecule has 4 aromatic rings. The molecule has 0 saturated carbocycles. The van der Waals surface area contributed by atoms with E-state index in [9.17, 15) is 14.9 Å². The number of amides is 1. The quantitative estimate of drug-likeness (QED) is 0.211. The predicted molar refractivity (Wildman–Crippen MR) is 120 cm³/mol. The number of hydrogen-bond acceptors (Lipinski definition) is 12. The van der Waals surface area contributed by atoms with E-state index in [0.29, 0.717) is 22.6 Å². The summed E-state index contributed by atoms with van der Waals surface area (Å²) in [6, 6.07) is 10.5. The predicted octanol–water partition coefficient (Wildman–Crippen LogP) is 1.59. The number of nitrogens with two attached hydrogens (primary N) is 1. The Morgan fingerprint density at radius 2 is 1.91 bits per heavy atom. The minimum Gasteiger partial charge on any atom is -0.493 e. The largest absolute Gasteiger partial charge is 0.493 e. The molecule has 3 N–H and O–H groups in total. The molecule has 4 rings (SSSR count). The van der Waals surface area contributed by atoms with Crippen molar-refractivity contribution in [3.8, 4) is 28.6 Å². The molecule has 0 radical (unpaired) electrons. The van der Waals surface area contributed by atoms with Crippen LogP contribution in [0.1, 0.15) is 16.1 Å². The van der Waals surface area contributed by atoms with Gasteiger partial charge in [-0.2, -0.15) is 9.78 Å². The van der Waals surface area contributed by atoms with Crippen LogP contribution in [0.3, 0.4) is 0 Å². The Hall–Kier alpha value is -5.34. The van der Waals surface area contributed by atoms with Crippen molar-refractivity contribution in [1.29, 1.82) is 0 Å². The van der Waals surface area contributed by atoms with Crippen LogP contribution in [0.25, 0.3) is 17.1 Å². The standard InChI is InChI=1S/C20H17N9O6/c1-33-14-8-3-11(9-15(14)34-2)10-22-24-20(30)16-17(12-4-6-13(7-5-12)29(31)32)28(27-23-16)19-18(21)25-35-26-19/h3-10H,1-2H3,(H2,21,25)(H,24,30)/b22-10-. The summed E-state index contributed by atoms with van der Waals surface area (Å²) in [4.78, 5) is 23.4. The van der Waals surface area contributed by atoms with Crippen molar-refractivity contribution in [2.75, 3.05) is 20.0 Å². The van der Waals surface area contributed by atoms with Gasteiger partial charge in [-0.05, 0) is 46.2 Å². The molecule has 0 saturated heterocycles. The number of hydrogen-bond donors (Lipinski definition) is 2. The lowest BCUT2D eigenvalue weighted by molar-refractivity contribution is -0.384. The molecule has 1 amide bonds. The van der Waals surface area contributed by atoms with E-state index in [-0.39, 0.29) is 28.7 Å². The summed E-state index contributed by atoms with van der Waals surface area (Å²) < 4.78 is 16.2. The lowest BCUT2D eigenvalue weighted by Crippen LogP contribution is -2.19. The first-order valence-corrected chi connectivity index (χ1v) is 9.77. The van der Waals surface area contributed by atoms with Crippen molar-refractivity contribution in [2.24, 2.45) is 5.10 Å². The Balaban J connectivity index is 1.66. The topological polar surface area (TPSA) is 199 Å². The van der Waals surface area contributed by atoms with E-state index in [1.54, 1.807) is 18.2 Å². The molecule has 0 atom stereocenters. The van der Waals surface area contributed by atoms with E-state index in [0.717, 1.165) is 4.68 Å². The van der Waals surface area contributed by atoms with Gasteiger partial charge in [0.05, 0.1) is 25.4 Å². The van der Waals surface area contributed by atoms with Crippen LogP contribution in [0, 0.1) is 10.1 Å². The monoisotopic (exact) mass is 479 g/mol. The van der Waals surface area contributed by atoms with E-state index in [1.165, 1.54) is 44.7 Å². The Labute approximate surface area is 196 Å². The zero-order chi connectivity index (χ0) is 24.9. The van der Waals surface area contributed by atoms with Crippen molar-refractivity contribution in [3.63, 3.8) is 0 Å². The highest BCUT2D eigenvalue weighted by Gasteiger charge is 2.25. The first kappa shape index (κ1) is 22.8. The summed E-state index contributed by atoms with van der Waals surface area (Å²) in [6.07, 6.45) is 1.40. The highest BCUT2D eigenvalue weighted by Crippen LogP contribution is 2.28. The van der Waals surface area contributed by atoms with Gasteiger partial charge in [-0.1, -0.05) is 5.21 Å². The summed E-state index contributed by atoms with van der Waals surface area (Å²) >= 11 is 0. The van der Waals surface area contributed by atoms with E-state index < -0.39 is 10.8 Å². The van der Waals surface area contributed by atoms with Gasteiger partial charge in [0.15, 0.2) is 17.2 Å². The van der Waals surface area contributed by atoms with Gasteiger partial charge in [0, 0.05) is 17.7 Å². The van der Waals surface area contributed by atoms with Gasteiger partial charge < -0.3 is 15.2 Å². The lowest BCUT2D eigenvalue weighted by atomic mass is 10.1. The number of aromatic nitrogens is 5. The molecule has 2 heterocycles. The van der Waals surface area contributed by atoms with Crippen LogP contribution in [0.5, 0.6) is 11.5 Å². The third-order valence-electron chi connectivity index (χ3n) is 4.72. The van der Waals surface area contributed by atoms with Crippen LogP contribution < -0.4 is 20.6 Å². The Bertz CT molecular complexity index is 1410. The molecule has 2 aromatic heterocycles. The lowest BCUT2D eigenvalue weighted by Gasteiger charge is -2.07. The minimum atomic E-state index is -0.712. The van der Waals surface area contributed by atoms with Crippen LogP contribution >= 0.6 is 0 Å². The van der Waals surface area contributed by atoms with Gasteiger partial charge >= 0.3 is 0 Å². The number of benzene rings is 2. The first-order chi connectivity index (χ1) is 16.9. The average molecular weight is 479 g/mol. The first-order valence-electron chi connectivity index (χ1n) is 9.77. The van der Waals surface area contributed by atoms with Crippen LogP contribution in [-0.2, 0) is 0 Å². The molecule has 0 aliphatic carbocycles. The second-order valence-corrected chi connectivity index (χ2v) is 6.79. The van der Waals surface area contributed by atoms with Crippen molar-refractivity contribution in [3.05, 3.63) is 63.8 Å². The molecular weight excluding hydrogens is 462 g/mol. The number of hydrazone groups is 1. The van der Waals surface area contributed by atoms with E-state index in [1.807, 2.05) is 0 Å².